The molecular formula is C7H9N3S. The molecular weight excluding hydrogens is 158 g/mol. The lowest BCUT2D eigenvalue weighted by Gasteiger charge is -2.14. The van der Waals surface area contributed by atoms with Crippen molar-refractivity contribution in [2.24, 2.45) is 0 Å². The summed E-state index contributed by atoms with van der Waals surface area (Å²) in [5, 5.41) is 9.23. The van der Waals surface area contributed by atoms with E-state index in [1.807, 2.05) is 26.4 Å². The van der Waals surface area contributed by atoms with Gasteiger partial charge in [0.15, 0.2) is 0 Å². The summed E-state index contributed by atoms with van der Waals surface area (Å²) >= 11 is 1.40. The average molecular weight is 167 g/mol. The molecule has 0 heterocycles. The van der Waals surface area contributed by atoms with E-state index in [4.69, 9.17) is 11.8 Å². The molecule has 4 heteroatoms. The van der Waals surface area contributed by atoms with E-state index in [0.29, 0.717) is 5.03 Å². The number of hydrogen-bond donors (Lipinski definition) is 0. The van der Waals surface area contributed by atoms with Gasteiger partial charge in [-0.15, -0.1) is 11.8 Å². The molecule has 0 saturated carbocycles. The quantitative estimate of drug-likeness (QED) is 0.461. The maximum Gasteiger partial charge on any atom is 0.290 e. The molecule has 11 heavy (non-hydrogen) atoms. The van der Waals surface area contributed by atoms with Gasteiger partial charge in [-0.05, 0) is 6.26 Å². The van der Waals surface area contributed by atoms with Gasteiger partial charge in [0.25, 0.3) is 5.70 Å². The van der Waals surface area contributed by atoms with Crippen molar-refractivity contribution in [3.05, 3.63) is 22.1 Å². The number of nitriles is 1. The Hall–Kier alpha value is -1.13. The van der Waals surface area contributed by atoms with E-state index in [1.54, 1.807) is 4.90 Å². The van der Waals surface area contributed by atoms with Gasteiger partial charge in [0.05, 0.1) is 17.7 Å². The average Bonchev–Trinajstić information content (AvgIpc) is 1.99. The van der Waals surface area contributed by atoms with Crippen LogP contribution in [0.4, 0.5) is 0 Å². The molecule has 0 unspecified atom stereocenters. The second kappa shape index (κ2) is 4.65. The number of hydrogen-bond acceptors (Lipinski definition) is 3. The minimum absolute atomic E-state index is 0.155. The first-order valence-corrected chi connectivity index (χ1v) is 4.13. The standard InChI is InChI=1S/C7H9N3S/c1-9-6(5-8)7(11-4)10(2)3/h2-4H3/b7-6-. The fraction of sp³-hybridized carbons (Fsp3) is 0.429. The van der Waals surface area contributed by atoms with E-state index in [9.17, 15) is 0 Å². The zero-order chi connectivity index (χ0) is 8.85. The third-order valence-electron chi connectivity index (χ3n) is 1.02. The molecule has 0 aromatic heterocycles. The largest absolute Gasteiger partial charge is 0.380 e. The van der Waals surface area contributed by atoms with Gasteiger partial charge < -0.3 is 4.90 Å². The van der Waals surface area contributed by atoms with Gasteiger partial charge in [-0.1, -0.05) is 0 Å². The van der Waals surface area contributed by atoms with Gasteiger partial charge in [-0.3, -0.25) is 0 Å². The van der Waals surface area contributed by atoms with E-state index >= 15 is 0 Å². The van der Waals surface area contributed by atoms with Crippen LogP contribution in [0.15, 0.2) is 10.7 Å². The van der Waals surface area contributed by atoms with Crippen LogP contribution in [-0.4, -0.2) is 25.3 Å². The SMILES string of the molecule is [C-]#[N+]/C(C#N)=C(\SC)N(C)C. The maximum absolute atomic E-state index is 8.51. The lowest BCUT2D eigenvalue weighted by molar-refractivity contribution is 0.548. The van der Waals surface area contributed by atoms with Crippen molar-refractivity contribution in [2.45, 2.75) is 0 Å². The predicted molar refractivity (Wildman–Crippen MR) is 46.4 cm³/mol. The van der Waals surface area contributed by atoms with E-state index in [-0.39, 0.29) is 5.70 Å². The van der Waals surface area contributed by atoms with Crippen molar-refractivity contribution in [1.29, 1.82) is 5.26 Å². The Balaban J connectivity index is 4.86. The summed E-state index contributed by atoms with van der Waals surface area (Å²) in [5.74, 6) is 0. The fourth-order valence-corrected chi connectivity index (χ4v) is 1.26. The third kappa shape index (κ3) is 2.53. The van der Waals surface area contributed by atoms with Crippen molar-refractivity contribution in [3.63, 3.8) is 0 Å². The molecule has 0 amide bonds. The van der Waals surface area contributed by atoms with Crippen molar-refractivity contribution in [2.75, 3.05) is 20.4 Å². The van der Waals surface area contributed by atoms with Crippen LogP contribution < -0.4 is 0 Å². The second-order valence-electron chi connectivity index (χ2n) is 1.98. The normalized spacial score (nSPS) is 11.0. The van der Waals surface area contributed by atoms with Gasteiger partial charge >= 0.3 is 0 Å². The minimum Gasteiger partial charge on any atom is -0.380 e. The zero-order valence-electron chi connectivity index (χ0n) is 6.75. The van der Waals surface area contributed by atoms with Crippen molar-refractivity contribution in [1.82, 2.24) is 4.90 Å². The van der Waals surface area contributed by atoms with Crippen LogP contribution in [0.1, 0.15) is 0 Å². The summed E-state index contributed by atoms with van der Waals surface area (Å²) in [6.07, 6.45) is 1.85. The van der Waals surface area contributed by atoms with Gasteiger partial charge in [-0.25, -0.2) is 10.1 Å². The predicted octanol–water partition coefficient (Wildman–Crippen LogP) is 1.52. The highest BCUT2D eigenvalue weighted by molar-refractivity contribution is 8.02. The second-order valence-corrected chi connectivity index (χ2v) is 2.77. The summed E-state index contributed by atoms with van der Waals surface area (Å²) in [6, 6.07) is 1.85. The molecule has 0 aliphatic carbocycles. The number of thioether (sulfide) groups is 1. The number of allylic oxidation sites excluding steroid dienone is 1. The Morgan fingerprint density at radius 3 is 2.27 bits per heavy atom. The van der Waals surface area contributed by atoms with Gasteiger partial charge in [0, 0.05) is 14.1 Å². The topological polar surface area (TPSA) is 31.4 Å². The van der Waals surface area contributed by atoms with E-state index < -0.39 is 0 Å². The molecule has 0 radical (unpaired) electrons. The molecule has 0 fully saturated rings. The highest BCUT2D eigenvalue weighted by atomic mass is 32.2. The molecule has 3 nitrogen and oxygen atoms in total. The van der Waals surface area contributed by atoms with Crippen LogP contribution in [-0.2, 0) is 0 Å². The van der Waals surface area contributed by atoms with Crippen molar-refractivity contribution >= 4 is 11.8 Å². The Morgan fingerprint density at radius 2 is 2.18 bits per heavy atom. The maximum atomic E-state index is 8.51. The molecule has 0 aliphatic rings. The molecule has 0 aliphatic heterocycles. The first-order valence-electron chi connectivity index (χ1n) is 2.90. The summed E-state index contributed by atoms with van der Waals surface area (Å²) in [5.41, 5.74) is 0.155. The van der Waals surface area contributed by atoms with E-state index in [1.165, 1.54) is 11.8 Å². The molecule has 0 atom stereocenters. The Bertz CT molecular complexity index is 225. The van der Waals surface area contributed by atoms with Crippen molar-refractivity contribution < 1.29 is 0 Å². The number of nitrogens with zero attached hydrogens (tertiary/aromatic N) is 3. The monoisotopic (exact) mass is 167 g/mol. The summed E-state index contributed by atoms with van der Waals surface area (Å²) in [4.78, 5) is 4.87. The molecule has 0 bridgehead atoms. The van der Waals surface area contributed by atoms with Crippen LogP contribution in [0.25, 0.3) is 4.85 Å². The third-order valence-corrected chi connectivity index (χ3v) is 1.97. The highest BCUT2D eigenvalue weighted by Crippen LogP contribution is 2.19. The first-order chi connectivity index (χ1) is 5.17. The molecule has 0 aromatic rings. The molecule has 0 saturated heterocycles. The summed E-state index contributed by atoms with van der Waals surface area (Å²) < 4.78 is 0. The van der Waals surface area contributed by atoms with Crippen LogP contribution >= 0.6 is 11.8 Å². The minimum atomic E-state index is 0.155. The fourth-order valence-electron chi connectivity index (χ4n) is 0.612. The van der Waals surface area contributed by atoms with Gasteiger partial charge in [0.2, 0.25) is 0 Å². The molecule has 58 valence electrons. The zero-order valence-corrected chi connectivity index (χ0v) is 7.57. The molecule has 0 spiro atoms. The first kappa shape index (κ1) is 9.87. The molecule has 0 N–H and O–H groups in total. The summed E-state index contributed by atoms with van der Waals surface area (Å²) in [7, 11) is 3.63. The van der Waals surface area contributed by atoms with E-state index in [0.717, 1.165) is 0 Å². The van der Waals surface area contributed by atoms with Crippen LogP contribution in [0.5, 0.6) is 0 Å². The van der Waals surface area contributed by atoms with E-state index in [2.05, 4.69) is 4.85 Å². The van der Waals surface area contributed by atoms with Crippen molar-refractivity contribution in [3.8, 4) is 6.07 Å². The van der Waals surface area contributed by atoms with Crippen LogP contribution in [0, 0.1) is 17.9 Å². The lowest BCUT2D eigenvalue weighted by Crippen LogP contribution is -2.09. The highest BCUT2D eigenvalue weighted by Gasteiger charge is 2.05. The van der Waals surface area contributed by atoms with Crippen LogP contribution in [0.3, 0.4) is 0 Å². The Kier molecular flexibility index (Phi) is 4.17. The molecule has 0 aromatic carbocycles. The number of rotatable bonds is 2. The Morgan fingerprint density at radius 1 is 1.64 bits per heavy atom. The summed E-state index contributed by atoms with van der Waals surface area (Å²) in [6.45, 7) is 6.69. The lowest BCUT2D eigenvalue weighted by atomic mass is 10.5. The Labute approximate surface area is 71.1 Å². The molecule has 0 rings (SSSR count). The van der Waals surface area contributed by atoms with Gasteiger partial charge in [0.1, 0.15) is 0 Å². The van der Waals surface area contributed by atoms with Gasteiger partial charge in [-0.2, -0.15) is 0 Å². The smallest absolute Gasteiger partial charge is 0.290 e. The van der Waals surface area contributed by atoms with Crippen LogP contribution in [0.2, 0.25) is 0 Å².